The van der Waals surface area contributed by atoms with Crippen molar-refractivity contribution in [1.82, 2.24) is 10.6 Å². The van der Waals surface area contributed by atoms with Crippen LogP contribution >= 0.6 is 0 Å². The minimum atomic E-state index is -0.987. The molecule has 1 aromatic heterocycles. The molecule has 0 aliphatic heterocycles. The summed E-state index contributed by atoms with van der Waals surface area (Å²) in [5.74, 6) is -2.42. The SMILES string of the molecule is Cc1ccc(NC(=O)NC(=O)COC(=O)[C@@H](NC(=O)c2ccco2)C(C)C)c(C)c1. The zero-order valence-electron chi connectivity index (χ0n) is 17.3. The van der Waals surface area contributed by atoms with Crippen LogP contribution in [0.25, 0.3) is 0 Å². The Labute approximate surface area is 174 Å². The largest absolute Gasteiger partial charge is 0.459 e. The fourth-order valence-electron chi connectivity index (χ4n) is 2.61. The van der Waals surface area contributed by atoms with E-state index >= 15 is 0 Å². The number of anilines is 1. The number of ether oxygens (including phenoxy) is 1. The Morgan fingerprint density at radius 1 is 1.10 bits per heavy atom. The minimum Gasteiger partial charge on any atom is -0.459 e. The van der Waals surface area contributed by atoms with E-state index in [1.54, 1.807) is 26.0 Å². The number of hydrogen-bond donors (Lipinski definition) is 3. The molecule has 0 fully saturated rings. The van der Waals surface area contributed by atoms with Crippen LogP contribution in [-0.4, -0.2) is 36.5 Å². The number of furan rings is 1. The first-order valence-corrected chi connectivity index (χ1v) is 9.36. The van der Waals surface area contributed by atoms with Gasteiger partial charge in [0.2, 0.25) is 0 Å². The van der Waals surface area contributed by atoms with E-state index in [2.05, 4.69) is 16.0 Å². The Bertz CT molecular complexity index is 921. The molecule has 2 rings (SSSR count). The van der Waals surface area contributed by atoms with Gasteiger partial charge >= 0.3 is 12.0 Å². The summed E-state index contributed by atoms with van der Waals surface area (Å²) in [6, 6.07) is 6.72. The maximum atomic E-state index is 12.3. The van der Waals surface area contributed by atoms with Crippen molar-refractivity contribution in [3.05, 3.63) is 53.5 Å². The number of amides is 4. The highest BCUT2D eigenvalue weighted by Crippen LogP contribution is 2.15. The van der Waals surface area contributed by atoms with E-state index in [1.165, 1.54) is 12.3 Å². The van der Waals surface area contributed by atoms with Crippen molar-refractivity contribution >= 4 is 29.5 Å². The number of aryl methyl sites for hydroxylation is 2. The van der Waals surface area contributed by atoms with Crippen LogP contribution in [-0.2, 0) is 14.3 Å². The molecule has 1 atom stereocenters. The van der Waals surface area contributed by atoms with Crippen LogP contribution in [0.3, 0.4) is 0 Å². The molecule has 160 valence electrons. The van der Waals surface area contributed by atoms with E-state index < -0.39 is 36.5 Å². The van der Waals surface area contributed by atoms with Gasteiger partial charge in [-0.1, -0.05) is 31.5 Å². The van der Waals surface area contributed by atoms with Crippen LogP contribution in [0, 0.1) is 19.8 Å². The Balaban J connectivity index is 1.84. The third kappa shape index (κ3) is 6.47. The van der Waals surface area contributed by atoms with Gasteiger partial charge in [0.1, 0.15) is 6.04 Å². The average molecular weight is 415 g/mol. The molecule has 0 radical (unpaired) electrons. The fraction of sp³-hybridized carbons (Fsp3) is 0.333. The number of esters is 1. The molecule has 1 heterocycles. The highest BCUT2D eigenvalue weighted by molar-refractivity contribution is 6.02. The van der Waals surface area contributed by atoms with Gasteiger partial charge in [0.25, 0.3) is 11.8 Å². The molecular formula is C21H25N3O6. The number of rotatable bonds is 7. The molecule has 9 nitrogen and oxygen atoms in total. The Hall–Kier alpha value is -3.62. The van der Waals surface area contributed by atoms with Crippen molar-refractivity contribution in [2.45, 2.75) is 33.7 Å². The van der Waals surface area contributed by atoms with E-state index in [4.69, 9.17) is 9.15 Å². The summed E-state index contributed by atoms with van der Waals surface area (Å²) < 4.78 is 9.95. The average Bonchev–Trinajstić information content (AvgIpc) is 3.21. The maximum Gasteiger partial charge on any atom is 0.329 e. The van der Waals surface area contributed by atoms with Gasteiger partial charge in [-0.3, -0.25) is 14.9 Å². The first kappa shape index (κ1) is 22.7. The summed E-state index contributed by atoms with van der Waals surface area (Å²) in [5.41, 5.74) is 2.44. The molecule has 1 aromatic carbocycles. The summed E-state index contributed by atoms with van der Waals surface area (Å²) in [7, 11) is 0. The van der Waals surface area contributed by atoms with Gasteiger partial charge in [-0.05, 0) is 43.5 Å². The molecule has 0 aliphatic carbocycles. The lowest BCUT2D eigenvalue weighted by Crippen LogP contribution is -2.46. The molecule has 30 heavy (non-hydrogen) atoms. The molecule has 2 aromatic rings. The predicted octanol–water partition coefficient (Wildman–Crippen LogP) is 2.54. The van der Waals surface area contributed by atoms with Crippen molar-refractivity contribution in [2.75, 3.05) is 11.9 Å². The lowest BCUT2D eigenvalue weighted by molar-refractivity contribution is -0.151. The van der Waals surface area contributed by atoms with Gasteiger partial charge in [-0.2, -0.15) is 0 Å². The number of carbonyl (C=O) groups is 4. The normalized spacial score (nSPS) is 11.5. The summed E-state index contributed by atoms with van der Waals surface area (Å²) in [6.45, 7) is 6.52. The summed E-state index contributed by atoms with van der Waals surface area (Å²) in [4.78, 5) is 48.3. The van der Waals surface area contributed by atoms with E-state index in [-0.39, 0.29) is 11.7 Å². The monoisotopic (exact) mass is 415 g/mol. The Kier molecular flexibility index (Phi) is 7.74. The number of urea groups is 1. The van der Waals surface area contributed by atoms with Crippen LogP contribution in [0.5, 0.6) is 0 Å². The van der Waals surface area contributed by atoms with E-state index in [0.29, 0.717) is 5.69 Å². The van der Waals surface area contributed by atoms with Gasteiger partial charge in [-0.15, -0.1) is 0 Å². The van der Waals surface area contributed by atoms with Crippen LogP contribution in [0.2, 0.25) is 0 Å². The molecule has 0 unspecified atom stereocenters. The topological polar surface area (TPSA) is 127 Å². The van der Waals surface area contributed by atoms with Crippen LogP contribution < -0.4 is 16.0 Å². The quantitative estimate of drug-likeness (QED) is 0.597. The zero-order chi connectivity index (χ0) is 22.3. The Morgan fingerprint density at radius 3 is 2.43 bits per heavy atom. The standard InChI is InChI=1S/C21H25N3O6/c1-12(2)18(24-19(26)16-6-5-9-29-16)20(27)30-11-17(25)23-21(28)22-15-8-7-13(3)10-14(15)4/h5-10,12,18H,11H2,1-4H3,(H,24,26)(H2,22,23,25,28)/t18-/m0/s1. The van der Waals surface area contributed by atoms with E-state index in [1.807, 2.05) is 26.0 Å². The number of carbonyl (C=O) groups excluding carboxylic acids is 4. The predicted molar refractivity (Wildman–Crippen MR) is 109 cm³/mol. The third-order valence-electron chi connectivity index (χ3n) is 4.18. The molecule has 9 heteroatoms. The lowest BCUT2D eigenvalue weighted by atomic mass is 10.0. The van der Waals surface area contributed by atoms with Crippen LogP contribution in [0.15, 0.2) is 41.0 Å². The number of nitrogens with one attached hydrogen (secondary N) is 3. The highest BCUT2D eigenvalue weighted by Gasteiger charge is 2.27. The molecule has 4 amide bonds. The van der Waals surface area contributed by atoms with Crippen LogP contribution in [0.4, 0.5) is 10.5 Å². The van der Waals surface area contributed by atoms with Gasteiger partial charge < -0.3 is 19.8 Å². The van der Waals surface area contributed by atoms with Gasteiger partial charge in [0.15, 0.2) is 12.4 Å². The second-order valence-corrected chi connectivity index (χ2v) is 7.10. The first-order valence-electron chi connectivity index (χ1n) is 9.36. The van der Waals surface area contributed by atoms with Crippen LogP contribution in [0.1, 0.15) is 35.5 Å². The molecule has 0 bridgehead atoms. The van der Waals surface area contributed by atoms with Crippen molar-refractivity contribution in [2.24, 2.45) is 5.92 Å². The second kappa shape index (κ2) is 10.2. The number of imide groups is 1. The molecular weight excluding hydrogens is 390 g/mol. The highest BCUT2D eigenvalue weighted by atomic mass is 16.5. The lowest BCUT2D eigenvalue weighted by Gasteiger charge is -2.20. The second-order valence-electron chi connectivity index (χ2n) is 7.10. The smallest absolute Gasteiger partial charge is 0.329 e. The molecule has 0 saturated heterocycles. The molecule has 0 saturated carbocycles. The zero-order valence-corrected chi connectivity index (χ0v) is 17.3. The van der Waals surface area contributed by atoms with Crippen molar-refractivity contribution in [3.63, 3.8) is 0 Å². The molecule has 3 N–H and O–H groups in total. The maximum absolute atomic E-state index is 12.3. The summed E-state index contributed by atoms with van der Waals surface area (Å²) in [6.07, 6.45) is 1.34. The summed E-state index contributed by atoms with van der Waals surface area (Å²) >= 11 is 0. The van der Waals surface area contributed by atoms with Crippen molar-refractivity contribution in [3.8, 4) is 0 Å². The fourth-order valence-corrected chi connectivity index (χ4v) is 2.61. The number of benzene rings is 1. The first-order chi connectivity index (χ1) is 14.2. The van der Waals surface area contributed by atoms with Gasteiger partial charge in [0, 0.05) is 5.69 Å². The third-order valence-corrected chi connectivity index (χ3v) is 4.18. The van der Waals surface area contributed by atoms with E-state index in [9.17, 15) is 19.2 Å². The van der Waals surface area contributed by atoms with Crippen molar-refractivity contribution in [1.29, 1.82) is 0 Å². The minimum absolute atomic E-state index is 0.0502. The van der Waals surface area contributed by atoms with Crippen molar-refractivity contribution < 1.29 is 28.3 Å². The Morgan fingerprint density at radius 2 is 1.83 bits per heavy atom. The summed E-state index contributed by atoms with van der Waals surface area (Å²) in [5, 5.41) is 7.16. The number of hydrogen-bond acceptors (Lipinski definition) is 6. The molecule has 0 aliphatic rings. The van der Waals surface area contributed by atoms with Gasteiger partial charge in [-0.25, -0.2) is 9.59 Å². The molecule has 0 spiro atoms. The van der Waals surface area contributed by atoms with E-state index in [0.717, 1.165) is 11.1 Å². The van der Waals surface area contributed by atoms with Gasteiger partial charge in [0.05, 0.1) is 6.26 Å².